The van der Waals surface area contributed by atoms with Gasteiger partial charge in [-0.15, -0.1) is 0 Å². The van der Waals surface area contributed by atoms with Crippen LogP contribution in [-0.4, -0.2) is 19.2 Å². The van der Waals surface area contributed by atoms with Gasteiger partial charge in [-0.05, 0) is 31.2 Å². The number of nitrogens with one attached hydrogen (secondary N) is 1. The lowest BCUT2D eigenvalue weighted by Gasteiger charge is -2.15. The second-order valence-corrected chi connectivity index (χ2v) is 5.04. The number of thiocarbonyl (C=S) groups is 1. The van der Waals surface area contributed by atoms with Gasteiger partial charge in [0.15, 0.2) is 0 Å². The summed E-state index contributed by atoms with van der Waals surface area (Å²) in [5, 5.41) is 3.30. The number of ether oxygens (including phenoxy) is 2. The van der Waals surface area contributed by atoms with E-state index in [1.807, 2.05) is 43.3 Å². The van der Waals surface area contributed by atoms with Crippen LogP contribution in [0.4, 0.5) is 11.4 Å². The summed E-state index contributed by atoms with van der Waals surface area (Å²) in [4.78, 5) is 0.355. The number of nitrogens with two attached hydrogens (primary N) is 1. The molecule has 4 nitrogen and oxygen atoms in total. The molecule has 0 fully saturated rings. The normalized spacial score (nSPS) is 10.0. The Morgan fingerprint density at radius 3 is 2.38 bits per heavy atom. The van der Waals surface area contributed by atoms with Crippen LogP contribution >= 0.6 is 12.2 Å². The molecule has 0 bridgehead atoms. The molecule has 110 valence electrons. The van der Waals surface area contributed by atoms with Gasteiger partial charge in [0.25, 0.3) is 0 Å². The molecule has 0 atom stereocenters. The average molecular weight is 302 g/mol. The highest BCUT2D eigenvalue weighted by Crippen LogP contribution is 2.32. The van der Waals surface area contributed by atoms with E-state index in [0.717, 1.165) is 28.3 Å². The number of benzene rings is 2. The first-order valence-corrected chi connectivity index (χ1v) is 6.85. The molecule has 21 heavy (non-hydrogen) atoms. The lowest BCUT2D eigenvalue weighted by Crippen LogP contribution is -2.12. The van der Waals surface area contributed by atoms with Crippen LogP contribution in [0.2, 0.25) is 0 Å². The molecule has 0 heterocycles. The quantitative estimate of drug-likeness (QED) is 0.829. The third-order valence-corrected chi connectivity index (χ3v) is 3.34. The van der Waals surface area contributed by atoms with Crippen LogP contribution in [0.25, 0.3) is 0 Å². The Bertz CT molecular complexity index is 671. The topological polar surface area (TPSA) is 56.5 Å². The Morgan fingerprint density at radius 1 is 1.05 bits per heavy atom. The Labute approximate surface area is 129 Å². The average Bonchev–Trinajstić information content (AvgIpc) is 2.49. The van der Waals surface area contributed by atoms with Crippen molar-refractivity contribution in [1.29, 1.82) is 0 Å². The van der Waals surface area contributed by atoms with E-state index in [4.69, 9.17) is 27.4 Å². The van der Waals surface area contributed by atoms with Gasteiger partial charge in [0, 0.05) is 17.3 Å². The first kappa shape index (κ1) is 15.1. The van der Waals surface area contributed by atoms with E-state index in [2.05, 4.69) is 5.32 Å². The van der Waals surface area contributed by atoms with Gasteiger partial charge in [0.1, 0.15) is 16.5 Å². The highest BCUT2D eigenvalue weighted by Gasteiger charge is 2.10. The molecule has 0 radical (unpaired) electrons. The van der Waals surface area contributed by atoms with Gasteiger partial charge in [-0.3, -0.25) is 0 Å². The first-order valence-electron chi connectivity index (χ1n) is 6.44. The van der Waals surface area contributed by atoms with Crippen molar-refractivity contribution in [2.45, 2.75) is 6.92 Å². The highest BCUT2D eigenvalue weighted by molar-refractivity contribution is 7.80. The van der Waals surface area contributed by atoms with Gasteiger partial charge in [0.05, 0.1) is 19.9 Å². The van der Waals surface area contributed by atoms with Crippen molar-refractivity contribution < 1.29 is 9.47 Å². The summed E-state index contributed by atoms with van der Waals surface area (Å²) in [6.45, 7) is 2.00. The van der Waals surface area contributed by atoms with Crippen LogP contribution in [0.1, 0.15) is 11.1 Å². The first-order chi connectivity index (χ1) is 10.0. The zero-order valence-electron chi connectivity index (χ0n) is 12.3. The molecule has 0 amide bonds. The third kappa shape index (κ3) is 3.44. The highest BCUT2D eigenvalue weighted by atomic mass is 32.1. The molecule has 3 N–H and O–H groups in total. The maximum Gasteiger partial charge on any atom is 0.145 e. The monoisotopic (exact) mass is 302 g/mol. The molecule has 2 aromatic rings. The minimum atomic E-state index is 0.355. The van der Waals surface area contributed by atoms with Crippen LogP contribution < -0.4 is 20.5 Å². The number of hydrogen-bond donors (Lipinski definition) is 2. The van der Waals surface area contributed by atoms with Crippen molar-refractivity contribution in [2.24, 2.45) is 5.73 Å². The summed E-state index contributed by atoms with van der Waals surface area (Å²) < 4.78 is 10.6. The summed E-state index contributed by atoms with van der Waals surface area (Å²) in [5.41, 5.74) is 9.37. The molecule has 2 aromatic carbocycles. The van der Waals surface area contributed by atoms with Crippen LogP contribution in [-0.2, 0) is 0 Å². The summed E-state index contributed by atoms with van der Waals surface area (Å²) >= 11 is 5.11. The fourth-order valence-corrected chi connectivity index (χ4v) is 2.19. The van der Waals surface area contributed by atoms with Gasteiger partial charge in [-0.2, -0.15) is 0 Å². The maximum atomic E-state index is 5.79. The molecule has 0 saturated carbocycles. The fraction of sp³-hybridized carbons (Fsp3) is 0.188. The van der Waals surface area contributed by atoms with E-state index < -0.39 is 0 Å². The predicted octanol–water partition coefficient (Wildman–Crippen LogP) is 3.39. The number of hydrogen-bond acceptors (Lipinski definition) is 4. The fourth-order valence-electron chi connectivity index (χ4n) is 2.02. The Morgan fingerprint density at radius 2 is 1.76 bits per heavy atom. The molecule has 0 unspecified atom stereocenters. The molecule has 2 rings (SSSR count). The van der Waals surface area contributed by atoms with Crippen LogP contribution in [0, 0.1) is 6.92 Å². The zero-order valence-corrected chi connectivity index (χ0v) is 13.1. The number of methoxy groups -OCH3 is 2. The third-order valence-electron chi connectivity index (χ3n) is 3.12. The van der Waals surface area contributed by atoms with Crippen molar-refractivity contribution in [3.8, 4) is 11.5 Å². The maximum absolute atomic E-state index is 5.79. The van der Waals surface area contributed by atoms with Gasteiger partial charge in [-0.25, -0.2) is 0 Å². The molecule has 0 aliphatic rings. The summed E-state index contributed by atoms with van der Waals surface area (Å²) in [5.74, 6) is 1.42. The SMILES string of the molecule is COc1ccc(Nc2ccc(C)cc2C(N)=S)c(OC)c1. The van der Waals surface area contributed by atoms with Gasteiger partial charge < -0.3 is 20.5 Å². The molecular weight excluding hydrogens is 284 g/mol. The standard InChI is InChI=1S/C16H18N2O2S/c1-10-4-6-13(12(8-10)16(17)21)18-14-7-5-11(19-2)9-15(14)20-3/h4-9,18H,1-3H3,(H2,17,21). The van der Waals surface area contributed by atoms with E-state index in [1.54, 1.807) is 14.2 Å². The van der Waals surface area contributed by atoms with Crippen molar-refractivity contribution in [2.75, 3.05) is 19.5 Å². The zero-order chi connectivity index (χ0) is 15.4. The van der Waals surface area contributed by atoms with E-state index in [0.29, 0.717) is 10.7 Å². The molecule has 0 spiro atoms. The molecule has 0 aromatic heterocycles. The molecule has 0 aliphatic heterocycles. The molecule has 5 heteroatoms. The lowest BCUT2D eigenvalue weighted by molar-refractivity contribution is 0.395. The Kier molecular flexibility index (Phi) is 4.65. The van der Waals surface area contributed by atoms with Crippen molar-refractivity contribution in [3.63, 3.8) is 0 Å². The van der Waals surface area contributed by atoms with Gasteiger partial charge in [0.2, 0.25) is 0 Å². The molecule has 0 saturated heterocycles. The van der Waals surface area contributed by atoms with E-state index in [1.165, 1.54) is 0 Å². The minimum absolute atomic E-state index is 0.355. The van der Waals surface area contributed by atoms with Gasteiger partial charge in [-0.1, -0.05) is 23.8 Å². The number of rotatable bonds is 5. The largest absolute Gasteiger partial charge is 0.497 e. The second kappa shape index (κ2) is 6.45. The van der Waals surface area contributed by atoms with Crippen LogP contribution in [0.5, 0.6) is 11.5 Å². The molecular formula is C16H18N2O2S. The number of aryl methyl sites for hydroxylation is 1. The summed E-state index contributed by atoms with van der Waals surface area (Å²) in [6, 6.07) is 11.5. The van der Waals surface area contributed by atoms with Crippen molar-refractivity contribution in [3.05, 3.63) is 47.5 Å². The lowest BCUT2D eigenvalue weighted by atomic mass is 10.1. The minimum Gasteiger partial charge on any atom is -0.497 e. The van der Waals surface area contributed by atoms with Crippen LogP contribution in [0.3, 0.4) is 0 Å². The smallest absolute Gasteiger partial charge is 0.145 e. The summed E-state index contributed by atoms with van der Waals surface area (Å²) in [7, 11) is 3.23. The van der Waals surface area contributed by atoms with Gasteiger partial charge >= 0.3 is 0 Å². The second-order valence-electron chi connectivity index (χ2n) is 4.60. The van der Waals surface area contributed by atoms with E-state index >= 15 is 0 Å². The van der Waals surface area contributed by atoms with Crippen molar-refractivity contribution in [1.82, 2.24) is 0 Å². The van der Waals surface area contributed by atoms with Crippen molar-refractivity contribution >= 4 is 28.6 Å². The predicted molar refractivity (Wildman–Crippen MR) is 89.9 cm³/mol. The Balaban J connectivity index is 2.40. The summed E-state index contributed by atoms with van der Waals surface area (Å²) in [6.07, 6.45) is 0. The van der Waals surface area contributed by atoms with E-state index in [9.17, 15) is 0 Å². The number of anilines is 2. The van der Waals surface area contributed by atoms with Crippen LogP contribution in [0.15, 0.2) is 36.4 Å². The Hall–Kier alpha value is -2.27. The van der Waals surface area contributed by atoms with E-state index in [-0.39, 0.29) is 0 Å². The molecule has 0 aliphatic carbocycles.